The Bertz CT molecular complexity index is 1030. The first kappa shape index (κ1) is 37.2. The van der Waals surface area contributed by atoms with Gasteiger partial charge in [-0.1, -0.05) is 0 Å². The number of hydrogen-bond donors (Lipinski definition) is 13. The van der Waals surface area contributed by atoms with Gasteiger partial charge in [0, 0.05) is 19.1 Å². The van der Waals surface area contributed by atoms with Gasteiger partial charge in [-0.05, 0) is 18.9 Å². The number of nitrogens with two attached hydrogens (primary N) is 6. The van der Waals surface area contributed by atoms with Crippen LogP contribution >= 0.6 is 0 Å². The molecule has 3 aliphatic heterocycles. The number of amides is 1. The van der Waals surface area contributed by atoms with E-state index in [0.29, 0.717) is 12.2 Å². The second-order valence-electron chi connectivity index (χ2n) is 11.9. The number of ether oxygens (including phenoxy) is 6. The Hall–Kier alpha value is -1.67. The van der Waals surface area contributed by atoms with Crippen molar-refractivity contribution in [3.05, 3.63) is 11.8 Å². The summed E-state index contributed by atoms with van der Waals surface area (Å²) in [5.41, 5.74) is 35.4. The molecule has 0 aromatic rings. The molecule has 20 nitrogen and oxygen atoms in total. The van der Waals surface area contributed by atoms with E-state index < -0.39 is 117 Å². The van der Waals surface area contributed by atoms with E-state index in [-0.39, 0.29) is 26.1 Å². The van der Waals surface area contributed by atoms with Gasteiger partial charge >= 0.3 is 0 Å². The largest absolute Gasteiger partial charge is 0.467 e. The van der Waals surface area contributed by atoms with Gasteiger partial charge in [0.1, 0.15) is 66.8 Å². The van der Waals surface area contributed by atoms with E-state index in [1.54, 1.807) is 6.08 Å². The second kappa shape index (κ2) is 16.2. The van der Waals surface area contributed by atoms with Crippen molar-refractivity contribution in [2.75, 3.05) is 26.2 Å². The van der Waals surface area contributed by atoms with E-state index in [2.05, 4.69) is 5.32 Å². The fourth-order valence-electron chi connectivity index (χ4n) is 5.89. The summed E-state index contributed by atoms with van der Waals surface area (Å²) in [6, 6.07) is -3.90. The van der Waals surface area contributed by atoms with Crippen LogP contribution in [-0.2, 0) is 33.2 Å². The quantitative estimate of drug-likeness (QED) is 0.0918. The minimum absolute atomic E-state index is 0.0389. The average molecular weight is 668 g/mol. The van der Waals surface area contributed by atoms with Gasteiger partial charge in [0.15, 0.2) is 12.6 Å². The fourth-order valence-corrected chi connectivity index (χ4v) is 5.89. The second-order valence-corrected chi connectivity index (χ2v) is 11.9. The predicted octanol–water partition coefficient (Wildman–Crippen LogP) is -8.23. The lowest BCUT2D eigenvalue weighted by atomic mass is 9.83. The van der Waals surface area contributed by atoms with Crippen molar-refractivity contribution in [2.45, 2.75) is 117 Å². The number of carbonyl (C=O) groups excluding carboxylic acids is 1. The molecule has 3 fully saturated rings. The Morgan fingerprint density at radius 2 is 1.52 bits per heavy atom. The minimum atomic E-state index is -1.65. The molecule has 20 heteroatoms. The molecule has 17 atom stereocenters. The maximum Gasteiger partial charge on any atom is 0.250 e. The molecule has 0 aromatic carbocycles. The molecule has 46 heavy (non-hydrogen) atoms. The van der Waals surface area contributed by atoms with Gasteiger partial charge in [0.2, 0.25) is 12.2 Å². The minimum Gasteiger partial charge on any atom is -0.467 e. The van der Waals surface area contributed by atoms with Crippen molar-refractivity contribution in [2.24, 2.45) is 34.4 Å². The average Bonchev–Trinajstić information content (AvgIpc) is 3.34. The lowest BCUT2D eigenvalue weighted by Gasteiger charge is -2.46. The van der Waals surface area contributed by atoms with Gasteiger partial charge in [-0.3, -0.25) is 4.79 Å². The van der Waals surface area contributed by atoms with Crippen molar-refractivity contribution in [3.8, 4) is 0 Å². The summed E-state index contributed by atoms with van der Waals surface area (Å²) in [5, 5.41) is 65.7. The van der Waals surface area contributed by atoms with Gasteiger partial charge in [-0.15, -0.1) is 0 Å². The zero-order valence-electron chi connectivity index (χ0n) is 25.1. The van der Waals surface area contributed by atoms with E-state index in [4.69, 9.17) is 62.8 Å². The molecular formula is C26H49N7O13. The van der Waals surface area contributed by atoms with Crippen molar-refractivity contribution in [1.82, 2.24) is 5.32 Å². The van der Waals surface area contributed by atoms with Crippen molar-refractivity contribution >= 4 is 5.91 Å². The van der Waals surface area contributed by atoms with Gasteiger partial charge < -0.3 is 98.8 Å². The number of aliphatic hydroxyl groups excluding tert-OH is 6. The number of rotatable bonds is 12. The zero-order chi connectivity index (χ0) is 33.9. The number of aliphatic hydroxyl groups is 6. The molecule has 4 rings (SSSR count). The van der Waals surface area contributed by atoms with E-state index in [0.717, 1.165) is 0 Å². The van der Waals surface area contributed by atoms with E-state index >= 15 is 0 Å². The van der Waals surface area contributed by atoms with Gasteiger partial charge in [0.05, 0.1) is 31.3 Å². The highest BCUT2D eigenvalue weighted by molar-refractivity contribution is 5.81. The van der Waals surface area contributed by atoms with Gasteiger partial charge in [-0.2, -0.15) is 0 Å². The molecule has 4 aliphatic rings. The summed E-state index contributed by atoms with van der Waals surface area (Å²) in [6.07, 6.45) is -15.8. The van der Waals surface area contributed by atoms with Crippen LogP contribution in [0.25, 0.3) is 0 Å². The standard InChI is InChI=1S/C26H49N7O13/c27-4-8-1-2-9(30)24(41-8)44-20-10(31)3-11(33-23(40)12(35)5-28)16(36)22(20)46-26-19(39)21(14(7-34)43-26)45-25-15(32)18(38)17(37)13(6-29)42-25/h1,9-22,24-26,34-39H,2-7,27-32H2,(H,33,40)/t9-,10+,11-,12?,13+,14-,15-,16+,17-,18-,19-,20-,21-,22-,24-,25-,26+/m1/s1. The molecule has 1 saturated carbocycles. The Morgan fingerprint density at radius 3 is 2.15 bits per heavy atom. The first-order valence-electron chi connectivity index (χ1n) is 15.2. The predicted molar refractivity (Wildman–Crippen MR) is 154 cm³/mol. The number of carbonyl (C=O) groups is 1. The normalized spacial score (nSPS) is 45.5. The van der Waals surface area contributed by atoms with Crippen LogP contribution in [-0.4, -0.2) is 167 Å². The maximum atomic E-state index is 12.4. The van der Waals surface area contributed by atoms with E-state index in [1.165, 1.54) is 0 Å². The SMILES string of the molecule is NCC1=CC[C@@H](N)[C@@H](O[C@H]2[C@H](O[C@@H]3O[C@H](CO)[C@@H](O[C@H]4O[C@@H](CN)[C@@H](O)[C@H](O)[C@H]4N)[C@H]3O)[C@@H](O)[C@H](NC(=O)C(O)CN)C[C@@H]2N)O1. The molecule has 266 valence electrons. The molecule has 0 aromatic heterocycles. The van der Waals surface area contributed by atoms with Crippen molar-refractivity contribution in [1.29, 1.82) is 0 Å². The molecule has 1 amide bonds. The van der Waals surface area contributed by atoms with Crippen molar-refractivity contribution in [3.63, 3.8) is 0 Å². The Morgan fingerprint density at radius 1 is 0.870 bits per heavy atom. The summed E-state index contributed by atoms with van der Waals surface area (Å²) in [5.74, 6) is -0.432. The lowest BCUT2D eigenvalue weighted by Crippen LogP contribution is -2.67. The molecule has 0 radical (unpaired) electrons. The van der Waals surface area contributed by atoms with E-state index in [1.807, 2.05) is 0 Å². The third kappa shape index (κ3) is 7.96. The zero-order valence-corrected chi connectivity index (χ0v) is 25.1. The fraction of sp³-hybridized carbons (Fsp3) is 0.885. The van der Waals surface area contributed by atoms with Crippen LogP contribution in [0.5, 0.6) is 0 Å². The van der Waals surface area contributed by atoms with Gasteiger partial charge in [-0.25, -0.2) is 0 Å². The van der Waals surface area contributed by atoms with Gasteiger partial charge in [0.25, 0.3) is 0 Å². The number of nitrogens with one attached hydrogen (secondary N) is 1. The highest BCUT2D eigenvalue weighted by Gasteiger charge is 2.54. The Kier molecular flexibility index (Phi) is 13.0. The first-order valence-corrected chi connectivity index (χ1v) is 15.2. The Labute approximate surface area is 264 Å². The monoisotopic (exact) mass is 667 g/mol. The smallest absolute Gasteiger partial charge is 0.250 e. The summed E-state index contributed by atoms with van der Waals surface area (Å²) in [6.45, 7) is -1.15. The topological polar surface area (TPSA) is 362 Å². The third-order valence-electron chi connectivity index (χ3n) is 8.64. The third-order valence-corrected chi connectivity index (χ3v) is 8.64. The molecule has 2 saturated heterocycles. The molecule has 0 spiro atoms. The summed E-state index contributed by atoms with van der Waals surface area (Å²) in [4.78, 5) is 12.4. The molecule has 19 N–H and O–H groups in total. The lowest BCUT2D eigenvalue weighted by molar-refractivity contribution is -0.282. The number of hydrogen-bond acceptors (Lipinski definition) is 19. The van der Waals surface area contributed by atoms with Crippen LogP contribution in [0, 0.1) is 0 Å². The highest BCUT2D eigenvalue weighted by Crippen LogP contribution is 2.34. The summed E-state index contributed by atoms with van der Waals surface area (Å²) in [7, 11) is 0. The van der Waals surface area contributed by atoms with Crippen LogP contribution in [0.2, 0.25) is 0 Å². The van der Waals surface area contributed by atoms with Crippen LogP contribution in [0.3, 0.4) is 0 Å². The van der Waals surface area contributed by atoms with Crippen LogP contribution in [0.1, 0.15) is 12.8 Å². The molecule has 0 bridgehead atoms. The molecule has 1 unspecified atom stereocenters. The summed E-state index contributed by atoms with van der Waals surface area (Å²) >= 11 is 0. The van der Waals surface area contributed by atoms with Crippen molar-refractivity contribution < 1.29 is 63.9 Å². The Balaban J connectivity index is 1.55. The molecular weight excluding hydrogens is 618 g/mol. The first-order chi connectivity index (χ1) is 21.8. The van der Waals surface area contributed by atoms with E-state index in [9.17, 15) is 35.4 Å². The molecule has 3 heterocycles. The van der Waals surface area contributed by atoms with Crippen LogP contribution in [0.15, 0.2) is 11.8 Å². The summed E-state index contributed by atoms with van der Waals surface area (Å²) < 4.78 is 35.2. The molecule has 1 aliphatic carbocycles. The maximum absolute atomic E-state index is 12.4. The highest BCUT2D eigenvalue weighted by atomic mass is 16.8. The van der Waals surface area contributed by atoms with Crippen LogP contribution in [0.4, 0.5) is 0 Å². The van der Waals surface area contributed by atoms with Crippen LogP contribution < -0.4 is 39.7 Å².